The van der Waals surface area contributed by atoms with E-state index in [1.54, 1.807) is 46.8 Å². The second-order valence-electron chi connectivity index (χ2n) is 5.99. The zero-order valence-electron chi connectivity index (χ0n) is 17.1. The molecule has 0 unspecified atom stereocenters. The van der Waals surface area contributed by atoms with Gasteiger partial charge in [-0.15, -0.1) is 11.3 Å². The van der Waals surface area contributed by atoms with E-state index in [-0.39, 0.29) is 0 Å². The molecule has 0 saturated heterocycles. The average molecular weight is 423 g/mol. The molecule has 8 heteroatoms. The summed E-state index contributed by atoms with van der Waals surface area (Å²) in [6.07, 6.45) is 1.62. The number of thiazole rings is 1. The number of nitriles is 1. The summed E-state index contributed by atoms with van der Waals surface area (Å²) < 4.78 is 21.2. The molecule has 7 nitrogen and oxygen atoms in total. The van der Waals surface area contributed by atoms with Crippen molar-refractivity contribution in [3.05, 3.63) is 53.0 Å². The second kappa shape index (κ2) is 9.67. The number of rotatable bonds is 8. The van der Waals surface area contributed by atoms with E-state index in [1.807, 2.05) is 29.6 Å². The summed E-state index contributed by atoms with van der Waals surface area (Å²) in [4.78, 5) is 4.60. The summed E-state index contributed by atoms with van der Waals surface area (Å²) in [5.74, 6) is 2.50. The molecule has 3 aromatic rings. The number of nitrogens with zero attached hydrogens (tertiary/aromatic N) is 2. The van der Waals surface area contributed by atoms with Gasteiger partial charge < -0.3 is 24.3 Å². The van der Waals surface area contributed by atoms with Crippen molar-refractivity contribution in [2.45, 2.75) is 0 Å². The molecular formula is C22H21N3O4S. The molecule has 0 atom stereocenters. The van der Waals surface area contributed by atoms with Gasteiger partial charge in [0.15, 0.2) is 23.0 Å². The highest BCUT2D eigenvalue weighted by atomic mass is 32.1. The molecular weight excluding hydrogens is 402 g/mol. The molecule has 2 aromatic carbocycles. The largest absolute Gasteiger partial charge is 0.493 e. The summed E-state index contributed by atoms with van der Waals surface area (Å²) in [7, 11) is 6.33. The number of hydrogen-bond acceptors (Lipinski definition) is 8. The molecule has 3 rings (SSSR count). The molecule has 0 radical (unpaired) electrons. The Kier molecular flexibility index (Phi) is 6.78. The van der Waals surface area contributed by atoms with E-state index in [0.29, 0.717) is 33.6 Å². The Balaban J connectivity index is 1.83. The van der Waals surface area contributed by atoms with Gasteiger partial charge in [-0.3, -0.25) is 0 Å². The highest BCUT2D eigenvalue weighted by Gasteiger charge is 2.12. The van der Waals surface area contributed by atoms with Crippen molar-refractivity contribution in [1.82, 2.24) is 4.98 Å². The summed E-state index contributed by atoms with van der Waals surface area (Å²) >= 11 is 1.39. The first-order valence-electron chi connectivity index (χ1n) is 8.90. The van der Waals surface area contributed by atoms with Crippen molar-refractivity contribution in [3.8, 4) is 40.3 Å². The molecule has 30 heavy (non-hydrogen) atoms. The van der Waals surface area contributed by atoms with Gasteiger partial charge in [0, 0.05) is 28.9 Å². The number of methoxy groups -OCH3 is 4. The maximum absolute atomic E-state index is 9.60. The molecule has 1 aromatic heterocycles. The zero-order chi connectivity index (χ0) is 21.5. The maximum Gasteiger partial charge on any atom is 0.162 e. The van der Waals surface area contributed by atoms with E-state index in [1.165, 1.54) is 11.3 Å². The van der Waals surface area contributed by atoms with Crippen molar-refractivity contribution in [3.63, 3.8) is 0 Å². The minimum absolute atomic E-state index is 0.418. The highest BCUT2D eigenvalue weighted by molar-refractivity contribution is 7.11. The van der Waals surface area contributed by atoms with E-state index in [0.717, 1.165) is 16.9 Å². The quantitative estimate of drug-likeness (QED) is 0.520. The molecule has 0 bridgehead atoms. The summed E-state index contributed by atoms with van der Waals surface area (Å²) in [6.45, 7) is 0. The second-order valence-corrected chi connectivity index (χ2v) is 6.85. The molecule has 0 amide bonds. The van der Waals surface area contributed by atoms with Crippen molar-refractivity contribution in [2.75, 3.05) is 33.8 Å². The first-order chi connectivity index (χ1) is 14.6. The third-order valence-corrected chi connectivity index (χ3v) is 5.18. The van der Waals surface area contributed by atoms with Crippen LogP contribution in [-0.2, 0) is 0 Å². The SMILES string of the molecule is COc1ccc(N/C=C(\C#N)c2nc(-c3ccc(OC)c(OC)c3)cs2)cc1OC. The van der Waals surface area contributed by atoms with Gasteiger partial charge in [-0.05, 0) is 30.3 Å². The first kappa shape index (κ1) is 21.0. The number of benzene rings is 2. The number of anilines is 1. The first-order valence-corrected chi connectivity index (χ1v) is 9.78. The molecule has 0 aliphatic rings. The van der Waals surface area contributed by atoms with Crippen LogP contribution in [0.2, 0.25) is 0 Å². The minimum atomic E-state index is 0.418. The molecule has 0 aliphatic carbocycles. The summed E-state index contributed by atoms with van der Waals surface area (Å²) in [6, 6.07) is 13.2. The standard InChI is InChI=1S/C22H21N3O4S/c1-26-18-7-5-14(9-20(18)28-3)17-13-30-22(25-17)15(11-23)12-24-16-6-8-19(27-2)21(10-16)29-4/h5-10,12-13,24H,1-4H3/b15-12+. The lowest BCUT2D eigenvalue weighted by Crippen LogP contribution is -1.94. The van der Waals surface area contributed by atoms with E-state index in [4.69, 9.17) is 18.9 Å². The van der Waals surface area contributed by atoms with Crippen LogP contribution in [-0.4, -0.2) is 33.4 Å². The number of ether oxygens (including phenoxy) is 4. The molecule has 0 spiro atoms. The van der Waals surface area contributed by atoms with Crippen LogP contribution in [0.3, 0.4) is 0 Å². The Labute approximate surface area is 179 Å². The van der Waals surface area contributed by atoms with E-state index in [9.17, 15) is 5.26 Å². The number of aromatic nitrogens is 1. The van der Waals surface area contributed by atoms with Crippen LogP contribution in [0.1, 0.15) is 5.01 Å². The Bertz CT molecular complexity index is 1100. The van der Waals surface area contributed by atoms with Crippen LogP contribution in [0.25, 0.3) is 16.8 Å². The zero-order valence-corrected chi connectivity index (χ0v) is 17.9. The Morgan fingerprint density at radius 1 is 0.933 bits per heavy atom. The molecule has 0 saturated carbocycles. The van der Waals surface area contributed by atoms with Crippen LogP contribution < -0.4 is 24.3 Å². The topological polar surface area (TPSA) is 85.6 Å². The van der Waals surface area contributed by atoms with Crippen molar-refractivity contribution < 1.29 is 18.9 Å². The molecule has 1 heterocycles. The summed E-state index contributed by atoms with van der Waals surface area (Å²) in [5.41, 5.74) is 2.81. The molecule has 1 N–H and O–H groups in total. The minimum Gasteiger partial charge on any atom is -0.493 e. The molecule has 0 fully saturated rings. The van der Waals surface area contributed by atoms with Gasteiger partial charge in [-0.2, -0.15) is 5.26 Å². The van der Waals surface area contributed by atoms with Gasteiger partial charge in [-0.25, -0.2) is 4.98 Å². The third-order valence-electron chi connectivity index (χ3n) is 4.30. The van der Waals surface area contributed by atoms with E-state index >= 15 is 0 Å². The number of nitrogens with one attached hydrogen (secondary N) is 1. The number of allylic oxidation sites excluding steroid dienone is 1. The van der Waals surface area contributed by atoms with Gasteiger partial charge in [0.25, 0.3) is 0 Å². The van der Waals surface area contributed by atoms with Crippen molar-refractivity contribution in [1.29, 1.82) is 5.26 Å². The third kappa shape index (κ3) is 4.47. The smallest absolute Gasteiger partial charge is 0.162 e. The van der Waals surface area contributed by atoms with Gasteiger partial charge in [-0.1, -0.05) is 0 Å². The van der Waals surface area contributed by atoms with E-state index in [2.05, 4.69) is 16.4 Å². The molecule has 0 aliphatic heterocycles. The predicted molar refractivity (Wildman–Crippen MR) is 117 cm³/mol. The molecule has 154 valence electrons. The lowest BCUT2D eigenvalue weighted by atomic mass is 10.1. The van der Waals surface area contributed by atoms with Crippen LogP contribution in [0, 0.1) is 11.3 Å². The summed E-state index contributed by atoms with van der Waals surface area (Å²) in [5, 5.41) is 15.2. The number of hydrogen-bond donors (Lipinski definition) is 1. The predicted octanol–water partition coefficient (Wildman–Crippen LogP) is 4.82. The van der Waals surface area contributed by atoms with Gasteiger partial charge >= 0.3 is 0 Å². The maximum atomic E-state index is 9.60. The fourth-order valence-electron chi connectivity index (χ4n) is 2.75. The Morgan fingerprint density at radius 2 is 1.57 bits per heavy atom. The van der Waals surface area contributed by atoms with Crippen molar-refractivity contribution in [2.24, 2.45) is 0 Å². The normalized spacial score (nSPS) is 10.8. The monoisotopic (exact) mass is 423 g/mol. The fourth-order valence-corrected chi connectivity index (χ4v) is 3.54. The van der Waals surface area contributed by atoms with Gasteiger partial charge in [0.2, 0.25) is 0 Å². The highest BCUT2D eigenvalue weighted by Crippen LogP contribution is 2.34. The average Bonchev–Trinajstić information content (AvgIpc) is 3.28. The van der Waals surface area contributed by atoms with Crippen LogP contribution in [0.15, 0.2) is 48.0 Å². The van der Waals surface area contributed by atoms with Crippen LogP contribution in [0.5, 0.6) is 23.0 Å². The van der Waals surface area contributed by atoms with Gasteiger partial charge in [0.05, 0.1) is 34.1 Å². The Hall–Kier alpha value is -3.70. The lowest BCUT2D eigenvalue weighted by molar-refractivity contribution is 0.355. The van der Waals surface area contributed by atoms with Gasteiger partial charge in [0.1, 0.15) is 16.6 Å². The van der Waals surface area contributed by atoms with Crippen molar-refractivity contribution >= 4 is 22.6 Å². The van der Waals surface area contributed by atoms with Crippen LogP contribution >= 0.6 is 11.3 Å². The fraction of sp³-hybridized carbons (Fsp3) is 0.182. The Morgan fingerprint density at radius 3 is 2.20 bits per heavy atom. The van der Waals surface area contributed by atoms with E-state index < -0.39 is 0 Å². The lowest BCUT2D eigenvalue weighted by Gasteiger charge is -2.09. The van der Waals surface area contributed by atoms with Crippen LogP contribution in [0.4, 0.5) is 5.69 Å².